The smallest absolute Gasteiger partial charge is 0.414 e. The molecule has 0 bridgehead atoms. The van der Waals surface area contributed by atoms with Crippen molar-refractivity contribution in [2.24, 2.45) is 5.92 Å². The summed E-state index contributed by atoms with van der Waals surface area (Å²) in [6.07, 6.45) is 5.79. The molecule has 1 aromatic carbocycles. The first-order chi connectivity index (χ1) is 17.8. The second-order valence-electron chi connectivity index (χ2n) is 8.72. The van der Waals surface area contributed by atoms with Crippen LogP contribution >= 0.6 is 0 Å². The number of benzene rings is 1. The second kappa shape index (κ2) is 13.9. The van der Waals surface area contributed by atoms with Gasteiger partial charge in [0.05, 0.1) is 13.0 Å². The van der Waals surface area contributed by atoms with Gasteiger partial charge in [0.25, 0.3) is 5.91 Å². The molecule has 2 N–H and O–H groups in total. The first-order valence-electron chi connectivity index (χ1n) is 12.1. The van der Waals surface area contributed by atoms with Crippen LogP contribution in [0.1, 0.15) is 28.8 Å². The monoisotopic (exact) mass is 513 g/mol. The van der Waals surface area contributed by atoms with E-state index in [1.807, 2.05) is 46.2 Å². The summed E-state index contributed by atoms with van der Waals surface area (Å²) < 4.78 is 11.3. The maximum Gasteiger partial charge on any atom is 0.414 e. The highest BCUT2D eigenvalue weighted by atomic mass is 16.5. The number of carboxylic acid groups (broad SMARTS) is 2. The van der Waals surface area contributed by atoms with E-state index in [1.165, 1.54) is 0 Å². The van der Waals surface area contributed by atoms with E-state index in [-0.39, 0.29) is 11.8 Å². The van der Waals surface area contributed by atoms with Gasteiger partial charge in [-0.3, -0.25) is 14.6 Å². The van der Waals surface area contributed by atoms with Crippen LogP contribution in [-0.2, 0) is 25.5 Å². The van der Waals surface area contributed by atoms with E-state index in [0.29, 0.717) is 50.7 Å². The Hall–Kier alpha value is -3.99. The lowest BCUT2D eigenvalue weighted by molar-refractivity contribution is -0.159. The van der Waals surface area contributed by atoms with Crippen LogP contribution in [-0.4, -0.2) is 94.7 Å². The summed E-state index contributed by atoms with van der Waals surface area (Å²) in [6, 6.07) is 11.1. The van der Waals surface area contributed by atoms with E-state index in [1.54, 1.807) is 12.4 Å². The number of ether oxygens (including phenoxy) is 2. The zero-order valence-electron chi connectivity index (χ0n) is 20.5. The Morgan fingerprint density at radius 2 is 1.62 bits per heavy atom. The minimum Gasteiger partial charge on any atom is -0.493 e. The van der Waals surface area contributed by atoms with Crippen molar-refractivity contribution in [2.45, 2.75) is 19.3 Å². The number of rotatable bonds is 6. The van der Waals surface area contributed by atoms with Gasteiger partial charge in [-0.2, -0.15) is 0 Å². The number of carboxylic acids is 2. The van der Waals surface area contributed by atoms with E-state index in [9.17, 15) is 9.59 Å². The first-order valence-corrected chi connectivity index (χ1v) is 12.1. The van der Waals surface area contributed by atoms with Crippen molar-refractivity contribution in [1.29, 1.82) is 0 Å². The van der Waals surface area contributed by atoms with E-state index in [4.69, 9.17) is 29.3 Å². The van der Waals surface area contributed by atoms with Gasteiger partial charge in [0.15, 0.2) is 0 Å². The Morgan fingerprint density at radius 3 is 2.24 bits per heavy atom. The van der Waals surface area contributed by atoms with Crippen molar-refractivity contribution >= 4 is 23.8 Å². The van der Waals surface area contributed by atoms with Crippen molar-refractivity contribution in [1.82, 2.24) is 14.8 Å². The third-order valence-electron chi connectivity index (χ3n) is 6.09. The molecular weight excluding hydrogens is 482 g/mol. The fourth-order valence-electron chi connectivity index (χ4n) is 3.98. The number of aliphatic carboxylic acids is 2. The normalized spacial score (nSPS) is 15.8. The number of piperazine rings is 1. The fourth-order valence-corrected chi connectivity index (χ4v) is 3.98. The van der Waals surface area contributed by atoms with Gasteiger partial charge in [0, 0.05) is 57.3 Å². The molecule has 11 heteroatoms. The lowest BCUT2D eigenvalue weighted by Gasteiger charge is -2.35. The molecule has 3 heterocycles. The van der Waals surface area contributed by atoms with Crippen LogP contribution in [0.3, 0.4) is 0 Å². The maximum absolute atomic E-state index is 13.0. The lowest BCUT2D eigenvalue weighted by Crippen LogP contribution is -2.51. The third kappa shape index (κ3) is 8.87. The Kier molecular flexibility index (Phi) is 10.4. The fraction of sp³-hybridized carbons (Fsp3) is 0.423. The molecule has 0 atom stereocenters. The topological polar surface area (TPSA) is 147 Å². The molecular formula is C26H31N3O8. The molecule has 0 unspecified atom stereocenters. The highest BCUT2D eigenvalue weighted by Crippen LogP contribution is 2.20. The molecule has 4 rings (SSSR count). The van der Waals surface area contributed by atoms with Crippen LogP contribution in [0.2, 0.25) is 0 Å². The number of hydrogen-bond donors (Lipinski definition) is 2. The van der Waals surface area contributed by atoms with Gasteiger partial charge in [-0.15, -0.1) is 0 Å². The molecule has 0 spiro atoms. The van der Waals surface area contributed by atoms with Gasteiger partial charge in [0.1, 0.15) is 5.75 Å². The molecule has 198 valence electrons. The summed E-state index contributed by atoms with van der Waals surface area (Å²) in [5.74, 6) is -2.36. The quantitative estimate of drug-likeness (QED) is 0.550. The average molecular weight is 514 g/mol. The Morgan fingerprint density at radius 1 is 0.946 bits per heavy atom. The van der Waals surface area contributed by atoms with Crippen LogP contribution in [0.25, 0.3) is 0 Å². The van der Waals surface area contributed by atoms with Crippen LogP contribution in [0.4, 0.5) is 0 Å². The van der Waals surface area contributed by atoms with Gasteiger partial charge < -0.3 is 29.5 Å². The van der Waals surface area contributed by atoms with E-state index >= 15 is 0 Å². The van der Waals surface area contributed by atoms with Crippen molar-refractivity contribution < 1.29 is 38.9 Å². The average Bonchev–Trinajstić information content (AvgIpc) is 2.93. The number of carbonyl (C=O) groups excluding carboxylic acids is 2. The molecule has 2 aromatic rings. The summed E-state index contributed by atoms with van der Waals surface area (Å²) in [4.78, 5) is 51.4. The Labute approximate surface area is 214 Å². The highest BCUT2D eigenvalue weighted by molar-refractivity contribution is 6.27. The number of nitrogens with zero attached hydrogens (tertiary/aromatic N) is 3. The van der Waals surface area contributed by atoms with Gasteiger partial charge in [0.2, 0.25) is 5.91 Å². The first kappa shape index (κ1) is 27.6. The Balaban J connectivity index is 0.000000568. The predicted octanol–water partition coefficient (Wildman–Crippen LogP) is 1.57. The highest BCUT2D eigenvalue weighted by Gasteiger charge is 2.25. The van der Waals surface area contributed by atoms with Gasteiger partial charge in [-0.05, 0) is 48.6 Å². The molecule has 37 heavy (non-hydrogen) atoms. The number of aromatic nitrogens is 1. The molecule has 2 aliphatic heterocycles. The van der Waals surface area contributed by atoms with Gasteiger partial charge in [-0.1, -0.05) is 12.1 Å². The lowest BCUT2D eigenvalue weighted by atomic mass is 10.0. The van der Waals surface area contributed by atoms with Crippen LogP contribution in [0, 0.1) is 5.92 Å². The van der Waals surface area contributed by atoms with Crippen LogP contribution in [0.15, 0.2) is 48.8 Å². The summed E-state index contributed by atoms with van der Waals surface area (Å²) in [6.45, 7) is 4.40. The minimum absolute atomic E-state index is 0.0177. The SMILES string of the molecule is O=C(Cc1cccnc1)N1CCN(C(=O)c2cccc(OCC3CCOCC3)c2)CC1.O=C(O)C(=O)O. The van der Waals surface area contributed by atoms with Crippen molar-refractivity contribution in [3.63, 3.8) is 0 Å². The molecule has 0 aliphatic carbocycles. The summed E-state index contributed by atoms with van der Waals surface area (Å²) >= 11 is 0. The number of pyridine rings is 1. The van der Waals surface area contributed by atoms with Crippen LogP contribution in [0.5, 0.6) is 5.75 Å². The standard InChI is InChI=1S/C24H29N3O4.C2H2O4/c28-23(15-20-3-2-8-25-17-20)26-9-11-27(12-10-26)24(29)21-4-1-5-22(16-21)31-18-19-6-13-30-14-7-19;3-1(4)2(5)6/h1-5,8,16-17,19H,6-7,9-15,18H2;(H,3,4)(H,5,6). The zero-order chi connectivity index (χ0) is 26.6. The molecule has 0 radical (unpaired) electrons. The molecule has 1 aromatic heterocycles. The van der Waals surface area contributed by atoms with Crippen molar-refractivity contribution in [3.05, 3.63) is 59.9 Å². The maximum atomic E-state index is 13.0. The largest absolute Gasteiger partial charge is 0.493 e. The molecule has 0 saturated carbocycles. The van der Waals surface area contributed by atoms with Gasteiger partial charge in [-0.25, -0.2) is 9.59 Å². The third-order valence-corrected chi connectivity index (χ3v) is 6.09. The van der Waals surface area contributed by atoms with Crippen molar-refractivity contribution in [3.8, 4) is 5.75 Å². The zero-order valence-corrected chi connectivity index (χ0v) is 20.5. The number of hydrogen-bond acceptors (Lipinski definition) is 7. The van der Waals surface area contributed by atoms with Crippen molar-refractivity contribution in [2.75, 3.05) is 46.0 Å². The van der Waals surface area contributed by atoms with E-state index < -0.39 is 11.9 Å². The summed E-state index contributed by atoms with van der Waals surface area (Å²) in [7, 11) is 0. The van der Waals surface area contributed by atoms with Gasteiger partial charge >= 0.3 is 11.9 Å². The number of carbonyl (C=O) groups is 4. The summed E-state index contributed by atoms with van der Waals surface area (Å²) in [5, 5.41) is 14.8. The predicted molar refractivity (Wildman–Crippen MR) is 131 cm³/mol. The number of amides is 2. The van der Waals surface area contributed by atoms with Crippen LogP contribution < -0.4 is 4.74 Å². The second-order valence-corrected chi connectivity index (χ2v) is 8.72. The molecule has 2 aliphatic rings. The molecule has 11 nitrogen and oxygen atoms in total. The Bertz CT molecular complexity index is 1050. The van der Waals surface area contributed by atoms with E-state index in [2.05, 4.69) is 4.98 Å². The minimum atomic E-state index is -1.82. The van der Waals surface area contributed by atoms with E-state index in [0.717, 1.165) is 37.4 Å². The molecule has 2 saturated heterocycles. The molecule has 2 fully saturated rings. The summed E-state index contributed by atoms with van der Waals surface area (Å²) in [5.41, 5.74) is 1.53. The molecule has 2 amide bonds.